The second kappa shape index (κ2) is 23.5. The van der Waals surface area contributed by atoms with E-state index in [0.29, 0.717) is 12.1 Å². The van der Waals surface area contributed by atoms with Gasteiger partial charge in [-0.25, -0.2) is 10.3 Å². The van der Waals surface area contributed by atoms with E-state index in [0.717, 1.165) is 11.9 Å². The summed E-state index contributed by atoms with van der Waals surface area (Å²) in [6.07, 6.45) is -41.7. The third-order valence-electron chi connectivity index (χ3n) is 13.3. The highest BCUT2D eigenvalue weighted by atomic mass is 19.4. The Labute approximate surface area is 441 Å². The fourth-order valence-corrected chi connectivity index (χ4v) is 9.74. The first-order valence-electron chi connectivity index (χ1n) is 24.0. The summed E-state index contributed by atoms with van der Waals surface area (Å²) in [5, 5.41) is 7.26. The Kier molecular flexibility index (Phi) is 19.0. The molecule has 2 aliphatic rings. The molecular weight excluding hydrogens is 1140 g/mol. The smallest absolute Gasteiger partial charge is 0.340 e. The van der Waals surface area contributed by atoms with Crippen molar-refractivity contribution in [3.05, 3.63) is 117 Å². The lowest BCUT2D eigenvalue weighted by Crippen LogP contribution is -2.75. The summed E-state index contributed by atoms with van der Waals surface area (Å²) < 4.78 is 343. The van der Waals surface area contributed by atoms with Crippen LogP contribution in [0, 0.1) is 0 Å². The van der Waals surface area contributed by atoms with Crippen molar-refractivity contribution in [2.45, 2.75) is 126 Å². The van der Waals surface area contributed by atoms with Gasteiger partial charge in [0, 0.05) is 6.04 Å². The van der Waals surface area contributed by atoms with Crippen LogP contribution >= 0.6 is 0 Å². The van der Waals surface area contributed by atoms with Crippen molar-refractivity contribution in [2.75, 3.05) is 28.2 Å². The number of alkyl halides is 24. The van der Waals surface area contributed by atoms with Crippen LogP contribution in [0.25, 0.3) is 0 Å². The van der Waals surface area contributed by atoms with Crippen molar-refractivity contribution in [1.29, 1.82) is 0 Å². The lowest BCUT2D eigenvalue weighted by atomic mass is 9.12. The normalized spacial score (nSPS) is 16.2. The molecule has 5 nitrogen and oxygen atoms in total. The number of nitrogens with zero attached hydrogens (tertiary/aromatic N) is 3. The molecule has 6 rings (SSSR count). The third-order valence-corrected chi connectivity index (χ3v) is 13.3. The molecule has 0 heterocycles. The molecule has 2 fully saturated rings. The molecule has 4 aromatic rings. The minimum atomic E-state index is -6.13. The Morgan fingerprint density at radius 1 is 0.400 bits per heavy atom. The monoisotopic (exact) mass is 1190 g/mol. The molecular formula is C50H48BF24N5. The van der Waals surface area contributed by atoms with E-state index < -0.39 is 195 Å². The highest BCUT2D eigenvalue weighted by Crippen LogP contribution is 2.41. The highest BCUT2D eigenvalue weighted by Gasteiger charge is 2.47. The van der Waals surface area contributed by atoms with Gasteiger partial charge in [0.15, 0.2) is 0 Å². The molecule has 2 N–H and O–H groups in total. The van der Waals surface area contributed by atoms with Gasteiger partial charge in [-0.05, 0) is 49.9 Å². The second-order valence-electron chi connectivity index (χ2n) is 19.7. The first kappa shape index (κ1) is 64.8. The summed E-state index contributed by atoms with van der Waals surface area (Å²) in [7, 11) is 8.28. The van der Waals surface area contributed by atoms with E-state index in [1.807, 2.05) is 0 Å². The van der Waals surface area contributed by atoms with Crippen molar-refractivity contribution in [3.63, 3.8) is 0 Å². The molecule has 0 aliphatic heterocycles. The van der Waals surface area contributed by atoms with Gasteiger partial charge >= 0.3 is 55.4 Å². The summed E-state index contributed by atoms with van der Waals surface area (Å²) in [5.74, 6) is 2.05. The van der Waals surface area contributed by atoms with Crippen LogP contribution < -0.4 is 32.5 Å². The van der Waals surface area contributed by atoms with Gasteiger partial charge in [0.25, 0.3) is 5.96 Å². The zero-order valence-corrected chi connectivity index (χ0v) is 42.1. The standard InChI is InChI=1S/C32H12BF24.C18H35N5/c34-25(35,36)13-1-14(26(37,38)39)6-21(5-13)33(22-7-15(27(40,41)42)2-16(8-22)28(43,44)45,23-9-17(29(46,47)48)3-18(10-23)30(49,50)51)24-11-19(31(52,53)54)4-20(12-24)32(55,56)57;1-22(2)18(23(3)4)21-17(19-15-11-7-5-8-12-15)20-16-13-9-6-10-14-16/h1-12H;15-16H,5-14H2,1-4H3,(H,19,20)/q-1;/p+1. The van der Waals surface area contributed by atoms with Gasteiger partial charge in [-0.3, -0.25) is 9.48 Å². The van der Waals surface area contributed by atoms with Crippen LogP contribution in [0.2, 0.25) is 0 Å². The maximum atomic E-state index is 14.2. The summed E-state index contributed by atoms with van der Waals surface area (Å²) in [5.41, 5.74) is -30.2. The molecule has 0 radical (unpaired) electrons. The molecule has 2 aliphatic carbocycles. The van der Waals surface area contributed by atoms with Crippen LogP contribution in [-0.4, -0.2) is 67.8 Å². The molecule has 4 aromatic carbocycles. The largest absolute Gasteiger partial charge is 0.416 e. The van der Waals surface area contributed by atoms with Crippen molar-refractivity contribution >= 4 is 39.9 Å². The van der Waals surface area contributed by atoms with Gasteiger partial charge in [-0.1, -0.05) is 87.1 Å². The van der Waals surface area contributed by atoms with Gasteiger partial charge in [0.1, 0.15) is 6.15 Å². The molecule has 2 saturated carbocycles. The lowest BCUT2D eigenvalue weighted by molar-refractivity contribution is -0.471. The molecule has 0 aromatic heterocycles. The minimum Gasteiger partial charge on any atom is -0.340 e. The zero-order valence-electron chi connectivity index (χ0n) is 42.1. The molecule has 0 saturated heterocycles. The van der Waals surface area contributed by atoms with Crippen LogP contribution in [0.3, 0.4) is 0 Å². The zero-order chi connectivity index (χ0) is 60.6. The van der Waals surface area contributed by atoms with Crippen molar-refractivity contribution in [2.24, 2.45) is 4.99 Å². The predicted molar refractivity (Wildman–Crippen MR) is 248 cm³/mol. The molecule has 0 bridgehead atoms. The Morgan fingerprint density at radius 2 is 0.637 bits per heavy atom. The molecule has 0 spiro atoms. The molecule has 30 heteroatoms. The van der Waals surface area contributed by atoms with E-state index in [9.17, 15) is 105 Å². The number of halogens is 24. The van der Waals surface area contributed by atoms with E-state index in [2.05, 4.69) is 48.3 Å². The van der Waals surface area contributed by atoms with Gasteiger partial charge in [0.2, 0.25) is 0 Å². The van der Waals surface area contributed by atoms with E-state index in [1.54, 1.807) is 0 Å². The van der Waals surface area contributed by atoms with E-state index in [1.165, 1.54) is 64.2 Å². The van der Waals surface area contributed by atoms with Gasteiger partial charge in [-0.15, -0.1) is 0 Å². The number of hydrogen-bond acceptors (Lipinski definition) is 1. The summed E-state index contributed by atoms with van der Waals surface area (Å²) in [6, 6.07) is -7.76. The molecule has 80 heavy (non-hydrogen) atoms. The van der Waals surface area contributed by atoms with Gasteiger partial charge < -0.3 is 5.32 Å². The topological polar surface area (TPSA) is 42.7 Å². The van der Waals surface area contributed by atoms with Crippen molar-refractivity contribution < 1.29 is 110 Å². The maximum Gasteiger partial charge on any atom is 0.416 e. The molecule has 0 atom stereocenters. The first-order chi connectivity index (χ1) is 36.3. The van der Waals surface area contributed by atoms with E-state index in [-0.39, 0.29) is 0 Å². The fraction of sp³-hybridized carbons (Fsp3) is 0.480. The SMILES string of the molecule is CN(C)C(NC(=NC1CCCCC1)NC1CCCCC1)=[N+](C)C.FC(F)(F)c1cc([B-](c2cc(C(F)(F)F)cc(C(F)(F)F)c2)(c2cc(C(F)(F)F)cc(C(F)(F)F)c2)c2cc(C(F)(F)F)cc(C(F)(F)F)c2)cc(C(F)(F)F)c1. The van der Waals surface area contributed by atoms with Crippen LogP contribution in [0.5, 0.6) is 0 Å². The number of nitrogens with one attached hydrogen (secondary N) is 2. The van der Waals surface area contributed by atoms with Gasteiger partial charge in [-0.2, -0.15) is 127 Å². The first-order valence-corrected chi connectivity index (χ1v) is 24.0. The number of aliphatic imine (C=N–C) groups is 1. The quantitative estimate of drug-likeness (QED) is 0.0665. The van der Waals surface area contributed by atoms with E-state index in [4.69, 9.17) is 4.99 Å². The lowest BCUT2D eigenvalue weighted by Gasteiger charge is -2.46. The Bertz CT molecular complexity index is 2410. The predicted octanol–water partition coefficient (Wildman–Crippen LogP) is 13.6. The third kappa shape index (κ3) is 16.1. The Balaban J connectivity index is 0.000000424. The average molecular weight is 1190 g/mol. The average Bonchev–Trinajstić information content (AvgIpc) is 3.31. The Morgan fingerprint density at radius 3 is 0.850 bits per heavy atom. The van der Waals surface area contributed by atoms with Crippen LogP contribution in [0.15, 0.2) is 77.8 Å². The minimum absolute atomic E-state index is 0.480. The Hall–Kier alpha value is -6.00. The van der Waals surface area contributed by atoms with Crippen molar-refractivity contribution in [3.8, 4) is 0 Å². The number of benzene rings is 4. The second-order valence-corrected chi connectivity index (χ2v) is 19.7. The van der Waals surface area contributed by atoms with Crippen LogP contribution in [0.1, 0.15) is 109 Å². The number of rotatable bonds is 6. The summed E-state index contributed by atoms with van der Waals surface area (Å²) >= 11 is 0. The van der Waals surface area contributed by atoms with Crippen LogP contribution in [-0.2, 0) is 49.4 Å². The van der Waals surface area contributed by atoms with E-state index >= 15 is 0 Å². The highest BCUT2D eigenvalue weighted by molar-refractivity contribution is 7.20. The number of hydrogen-bond donors (Lipinski definition) is 2. The maximum absolute atomic E-state index is 14.2. The summed E-state index contributed by atoms with van der Waals surface area (Å²) in [6.45, 7) is 0. The van der Waals surface area contributed by atoms with Crippen molar-refractivity contribution in [1.82, 2.24) is 15.5 Å². The molecule has 0 amide bonds. The number of guanidine groups is 2. The van der Waals surface area contributed by atoms with Crippen LogP contribution in [0.4, 0.5) is 105 Å². The van der Waals surface area contributed by atoms with Gasteiger partial charge in [0.05, 0.1) is 78.7 Å². The molecule has 444 valence electrons. The fourth-order valence-electron chi connectivity index (χ4n) is 9.74. The summed E-state index contributed by atoms with van der Waals surface area (Å²) in [4.78, 5) is 7.16. The molecule has 0 unspecified atom stereocenters.